The normalized spacial score (nSPS) is 18.8. The van der Waals surface area contributed by atoms with Crippen molar-refractivity contribution >= 4 is 11.8 Å². The number of halogens is 1. The maximum Gasteiger partial charge on any atom is 0.225 e. The second kappa shape index (κ2) is 8.97. The molecule has 1 saturated heterocycles. The van der Waals surface area contributed by atoms with Gasteiger partial charge in [0.15, 0.2) is 0 Å². The minimum Gasteiger partial charge on any atom is -0.375 e. The average molecular weight is 384 g/mol. The molecular formula is C22H25FN2O3. The molecule has 148 valence electrons. The van der Waals surface area contributed by atoms with Gasteiger partial charge in [0.25, 0.3) is 0 Å². The molecule has 1 N–H and O–H groups in total. The number of likely N-dealkylation sites (tertiary alicyclic amines) is 1. The molecule has 1 aliphatic heterocycles. The summed E-state index contributed by atoms with van der Waals surface area (Å²) in [5.41, 5.74) is 1.43. The Morgan fingerprint density at radius 1 is 1.21 bits per heavy atom. The summed E-state index contributed by atoms with van der Waals surface area (Å²) < 4.78 is 19.5. The lowest BCUT2D eigenvalue weighted by Crippen LogP contribution is -2.42. The van der Waals surface area contributed by atoms with E-state index >= 15 is 0 Å². The van der Waals surface area contributed by atoms with Crippen molar-refractivity contribution < 1.29 is 18.7 Å². The molecule has 0 radical (unpaired) electrons. The van der Waals surface area contributed by atoms with E-state index in [1.807, 2.05) is 30.3 Å². The molecular weight excluding hydrogens is 359 g/mol. The van der Waals surface area contributed by atoms with E-state index < -0.39 is 18.1 Å². The first-order chi connectivity index (χ1) is 13.5. The van der Waals surface area contributed by atoms with Gasteiger partial charge in [0.1, 0.15) is 11.9 Å². The Labute approximate surface area is 164 Å². The van der Waals surface area contributed by atoms with Gasteiger partial charge in [0.2, 0.25) is 11.8 Å². The monoisotopic (exact) mass is 384 g/mol. The lowest BCUT2D eigenvalue weighted by atomic mass is 10.0. The number of rotatable bonds is 7. The van der Waals surface area contributed by atoms with Gasteiger partial charge in [-0.3, -0.25) is 9.59 Å². The summed E-state index contributed by atoms with van der Waals surface area (Å²) in [7, 11) is 1.49. The number of benzene rings is 2. The zero-order valence-electron chi connectivity index (χ0n) is 16.1. The lowest BCUT2D eigenvalue weighted by Gasteiger charge is -2.25. The van der Waals surface area contributed by atoms with Crippen LogP contribution in [0.5, 0.6) is 0 Å². The molecule has 0 unspecified atom stereocenters. The molecule has 2 amide bonds. The van der Waals surface area contributed by atoms with Crippen LogP contribution in [0.1, 0.15) is 30.6 Å². The number of carbonyl (C=O) groups is 2. The fraction of sp³-hybridized carbons (Fsp3) is 0.364. The number of nitrogens with zero attached hydrogens (tertiary/aromatic N) is 1. The van der Waals surface area contributed by atoms with E-state index in [0.717, 1.165) is 5.56 Å². The Kier molecular flexibility index (Phi) is 6.41. The predicted octanol–water partition coefficient (Wildman–Crippen LogP) is 3.07. The summed E-state index contributed by atoms with van der Waals surface area (Å²) in [6.07, 6.45) is -0.425. The van der Waals surface area contributed by atoms with Crippen molar-refractivity contribution in [3.63, 3.8) is 0 Å². The van der Waals surface area contributed by atoms with Gasteiger partial charge in [0, 0.05) is 32.2 Å². The van der Waals surface area contributed by atoms with Crippen molar-refractivity contribution in [1.82, 2.24) is 10.2 Å². The van der Waals surface area contributed by atoms with E-state index in [1.165, 1.54) is 13.2 Å². The molecule has 5 nitrogen and oxygen atoms in total. The number of nitrogens with one attached hydrogen (secondary N) is 1. The van der Waals surface area contributed by atoms with Gasteiger partial charge in [-0.2, -0.15) is 0 Å². The largest absolute Gasteiger partial charge is 0.375 e. The molecule has 2 aromatic rings. The minimum absolute atomic E-state index is 0.0333. The molecule has 28 heavy (non-hydrogen) atoms. The molecule has 0 bridgehead atoms. The fourth-order valence-corrected chi connectivity index (χ4v) is 3.63. The van der Waals surface area contributed by atoms with E-state index in [9.17, 15) is 14.0 Å². The van der Waals surface area contributed by atoms with Gasteiger partial charge in [-0.05, 0) is 18.6 Å². The van der Waals surface area contributed by atoms with E-state index in [0.29, 0.717) is 18.7 Å². The van der Waals surface area contributed by atoms with Crippen LogP contribution in [0.25, 0.3) is 0 Å². The Balaban J connectivity index is 1.61. The third kappa shape index (κ3) is 4.57. The average Bonchev–Trinajstić information content (AvgIpc) is 3.05. The van der Waals surface area contributed by atoms with Gasteiger partial charge < -0.3 is 15.0 Å². The van der Waals surface area contributed by atoms with Crippen molar-refractivity contribution in [2.24, 2.45) is 5.92 Å². The smallest absolute Gasteiger partial charge is 0.225 e. The SMILES string of the molecule is CO[C@H](c1ccccc1F)[C@@H](C)NC(=O)[C@H]1CC(=O)N(Cc2ccccc2)C1. The highest BCUT2D eigenvalue weighted by molar-refractivity contribution is 5.89. The molecule has 6 heteroatoms. The van der Waals surface area contributed by atoms with Crippen molar-refractivity contribution in [3.05, 3.63) is 71.5 Å². The fourth-order valence-electron chi connectivity index (χ4n) is 3.63. The number of carbonyl (C=O) groups excluding carboxylic acids is 2. The number of hydrogen-bond acceptors (Lipinski definition) is 3. The molecule has 0 spiro atoms. The summed E-state index contributed by atoms with van der Waals surface area (Å²) in [6, 6.07) is 15.6. The van der Waals surface area contributed by atoms with Crippen LogP contribution in [-0.4, -0.2) is 36.4 Å². The van der Waals surface area contributed by atoms with E-state index in [2.05, 4.69) is 5.32 Å². The highest BCUT2D eigenvalue weighted by Crippen LogP contribution is 2.25. The van der Waals surface area contributed by atoms with Crippen LogP contribution in [0.3, 0.4) is 0 Å². The standard InChI is InChI=1S/C22H25FN2O3/c1-15(21(28-2)18-10-6-7-11-19(18)23)24-22(27)17-12-20(26)25(14-17)13-16-8-4-3-5-9-16/h3-11,15,17,21H,12-14H2,1-2H3,(H,24,27)/t15-,17+,21+/m1/s1. The third-order valence-electron chi connectivity index (χ3n) is 5.09. The van der Waals surface area contributed by atoms with Gasteiger partial charge in [-0.15, -0.1) is 0 Å². The Morgan fingerprint density at radius 3 is 2.57 bits per heavy atom. The summed E-state index contributed by atoms with van der Waals surface area (Å²) >= 11 is 0. The zero-order valence-corrected chi connectivity index (χ0v) is 16.1. The molecule has 0 saturated carbocycles. The lowest BCUT2D eigenvalue weighted by molar-refractivity contribution is -0.129. The number of methoxy groups -OCH3 is 1. The van der Waals surface area contributed by atoms with Crippen LogP contribution in [-0.2, 0) is 20.9 Å². The topological polar surface area (TPSA) is 58.6 Å². The van der Waals surface area contributed by atoms with Crippen LogP contribution in [0.4, 0.5) is 4.39 Å². The van der Waals surface area contributed by atoms with Gasteiger partial charge in [-0.25, -0.2) is 4.39 Å². The molecule has 1 aliphatic rings. The Hall–Kier alpha value is -2.73. The van der Waals surface area contributed by atoms with Crippen LogP contribution >= 0.6 is 0 Å². The number of amides is 2. The highest BCUT2D eigenvalue weighted by Gasteiger charge is 2.35. The Bertz CT molecular complexity index is 828. The second-order valence-electron chi connectivity index (χ2n) is 7.14. The number of ether oxygens (including phenoxy) is 1. The van der Waals surface area contributed by atoms with Crippen LogP contribution in [0.15, 0.2) is 54.6 Å². The molecule has 2 aromatic carbocycles. The second-order valence-corrected chi connectivity index (χ2v) is 7.14. The van der Waals surface area contributed by atoms with Crippen LogP contribution in [0, 0.1) is 11.7 Å². The summed E-state index contributed by atoms with van der Waals surface area (Å²) in [5, 5.41) is 2.89. The first-order valence-corrected chi connectivity index (χ1v) is 9.39. The maximum absolute atomic E-state index is 14.1. The first kappa shape index (κ1) is 20.0. The van der Waals surface area contributed by atoms with E-state index in [-0.39, 0.29) is 24.1 Å². The van der Waals surface area contributed by atoms with E-state index in [1.54, 1.807) is 30.0 Å². The van der Waals surface area contributed by atoms with Crippen LogP contribution in [0.2, 0.25) is 0 Å². The molecule has 3 atom stereocenters. The first-order valence-electron chi connectivity index (χ1n) is 9.39. The summed E-state index contributed by atoms with van der Waals surface area (Å²) in [5.74, 6) is -1.04. The summed E-state index contributed by atoms with van der Waals surface area (Å²) in [4.78, 5) is 26.7. The molecule has 1 fully saturated rings. The highest BCUT2D eigenvalue weighted by atomic mass is 19.1. The predicted molar refractivity (Wildman–Crippen MR) is 104 cm³/mol. The maximum atomic E-state index is 14.1. The quantitative estimate of drug-likeness (QED) is 0.798. The van der Waals surface area contributed by atoms with Gasteiger partial charge >= 0.3 is 0 Å². The molecule has 0 aliphatic carbocycles. The van der Waals surface area contributed by atoms with Crippen molar-refractivity contribution in [3.8, 4) is 0 Å². The van der Waals surface area contributed by atoms with Gasteiger partial charge in [0.05, 0.1) is 12.0 Å². The van der Waals surface area contributed by atoms with Gasteiger partial charge in [-0.1, -0.05) is 48.5 Å². The zero-order chi connectivity index (χ0) is 20.1. The Morgan fingerprint density at radius 2 is 1.89 bits per heavy atom. The molecule has 3 rings (SSSR count). The molecule has 1 heterocycles. The van der Waals surface area contributed by atoms with Crippen molar-refractivity contribution in [1.29, 1.82) is 0 Å². The third-order valence-corrected chi connectivity index (χ3v) is 5.09. The van der Waals surface area contributed by atoms with Crippen LogP contribution < -0.4 is 5.32 Å². The molecule has 0 aromatic heterocycles. The van der Waals surface area contributed by atoms with Crippen molar-refractivity contribution in [2.75, 3.05) is 13.7 Å². The minimum atomic E-state index is -0.609. The van der Waals surface area contributed by atoms with Crippen molar-refractivity contribution in [2.45, 2.75) is 32.0 Å². The van der Waals surface area contributed by atoms with E-state index in [4.69, 9.17) is 4.74 Å². The summed E-state index contributed by atoms with van der Waals surface area (Å²) in [6.45, 7) is 2.65. The number of hydrogen-bond donors (Lipinski definition) is 1.